The fraction of sp³-hybridized carbons (Fsp3) is 0.400. The average molecular weight is 277 g/mol. The highest BCUT2D eigenvalue weighted by Crippen LogP contribution is 2.31. The monoisotopic (exact) mass is 277 g/mol. The van der Waals surface area contributed by atoms with Crippen molar-refractivity contribution in [1.82, 2.24) is 5.32 Å². The summed E-state index contributed by atoms with van der Waals surface area (Å²) in [6.07, 6.45) is -0.760. The van der Waals surface area contributed by atoms with Crippen molar-refractivity contribution in [3.05, 3.63) is 23.8 Å². The molecule has 102 valence electrons. The summed E-state index contributed by atoms with van der Waals surface area (Å²) in [5.41, 5.74) is 0.531. The van der Waals surface area contributed by atoms with E-state index in [1.54, 1.807) is 7.05 Å². The Balaban J connectivity index is 3.03. The predicted molar refractivity (Wildman–Crippen MR) is 64.1 cm³/mol. The van der Waals surface area contributed by atoms with Crippen LogP contribution in [0.5, 0.6) is 11.5 Å². The van der Waals surface area contributed by atoms with E-state index in [0.717, 1.165) is 0 Å². The maximum atomic E-state index is 10.6. The summed E-state index contributed by atoms with van der Waals surface area (Å²) in [6, 6.07) is 4.20. The number of hydrogen-bond acceptors (Lipinski definition) is 6. The highest BCUT2D eigenvalue weighted by atomic mass is 32.3. The lowest BCUT2D eigenvalue weighted by Gasteiger charge is -2.13. The van der Waals surface area contributed by atoms with E-state index < -0.39 is 16.5 Å². The summed E-state index contributed by atoms with van der Waals surface area (Å²) in [4.78, 5) is 0. The normalized spacial score (nSPS) is 13.1. The van der Waals surface area contributed by atoms with Gasteiger partial charge in [0.1, 0.15) is 0 Å². The smallest absolute Gasteiger partial charge is 0.446 e. The number of ether oxygens (including phenoxy) is 1. The van der Waals surface area contributed by atoms with Gasteiger partial charge in [0.25, 0.3) is 0 Å². The second-order valence-electron chi connectivity index (χ2n) is 3.49. The molecule has 0 amide bonds. The third-order valence-corrected chi connectivity index (χ3v) is 2.56. The van der Waals surface area contributed by atoms with Crippen LogP contribution in [0.25, 0.3) is 0 Å². The lowest BCUT2D eigenvalue weighted by atomic mass is 10.1. The van der Waals surface area contributed by atoms with Gasteiger partial charge in [-0.15, -0.1) is 0 Å². The molecule has 1 atom stereocenters. The van der Waals surface area contributed by atoms with Crippen LogP contribution < -0.4 is 14.2 Å². The number of rotatable bonds is 6. The third-order valence-electron chi connectivity index (χ3n) is 2.17. The van der Waals surface area contributed by atoms with Gasteiger partial charge in [-0.1, -0.05) is 6.07 Å². The molecule has 18 heavy (non-hydrogen) atoms. The van der Waals surface area contributed by atoms with Gasteiger partial charge in [-0.25, -0.2) is 0 Å². The van der Waals surface area contributed by atoms with Gasteiger partial charge in [0.15, 0.2) is 11.5 Å². The minimum absolute atomic E-state index is 0.0975. The summed E-state index contributed by atoms with van der Waals surface area (Å²) in [5, 5.41) is 12.5. The van der Waals surface area contributed by atoms with Crippen LogP contribution in [-0.4, -0.2) is 38.8 Å². The van der Waals surface area contributed by atoms with Gasteiger partial charge in [0.05, 0.1) is 13.2 Å². The summed E-state index contributed by atoms with van der Waals surface area (Å²) in [6.45, 7) is 0.335. The van der Waals surface area contributed by atoms with Crippen LogP contribution in [0.4, 0.5) is 0 Å². The Labute approximate surface area is 105 Å². The molecule has 0 saturated heterocycles. The number of aliphatic hydroxyl groups excluding tert-OH is 1. The van der Waals surface area contributed by atoms with Crippen molar-refractivity contribution in [3.8, 4) is 11.5 Å². The molecule has 0 aliphatic carbocycles. The molecule has 0 aliphatic heterocycles. The van der Waals surface area contributed by atoms with Gasteiger partial charge in [-0.3, -0.25) is 4.55 Å². The number of methoxy groups -OCH3 is 1. The molecule has 0 spiro atoms. The van der Waals surface area contributed by atoms with Crippen LogP contribution in [0.2, 0.25) is 0 Å². The van der Waals surface area contributed by atoms with Crippen molar-refractivity contribution in [3.63, 3.8) is 0 Å². The summed E-state index contributed by atoms with van der Waals surface area (Å²) < 4.78 is 39.1. The van der Waals surface area contributed by atoms with E-state index in [0.29, 0.717) is 12.1 Å². The number of nitrogens with one attached hydrogen (secondary N) is 1. The maximum absolute atomic E-state index is 10.6. The van der Waals surface area contributed by atoms with Crippen LogP contribution >= 0.6 is 0 Å². The molecule has 3 N–H and O–H groups in total. The summed E-state index contributed by atoms with van der Waals surface area (Å²) in [7, 11) is -1.60. The molecule has 0 unspecified atom stereocenters. The third kappa shape index (κ3) is 4.15. The van der Waals surface area contributed by atoms with Crippen molar-refractivity contribution in [1.29, 1.82) is 0 Å². The number of benzene rings is 1. The molecule has 0 saturated carbocycles. The molecule has 0 radical (unpaired) electrons. The molecule has 1 aromatic carbocycles. The largest absolute Gasteiger partial charge is 0.493 e. The Kier molecular flexibility index (Phi) is 4.91. The second-order valence-corrected chi connectivity index (χ2v) is 4.52. The van der Waals surface area contributed by atoms with E-state index in [9.17, 15) is 13.5 Å². The van der Waals surface area contributed by atoms with Gasteiger partial charge in [-0.05, 0) is 24.7 Å². The van der Waals surface area contributed by atoms with Gasteiger partial charge < -0.3 is 19.3 Å². The summed E-state index contributed by atoms with van der Waals surface area (Å²) in [5.74, 6) is -0.0549. The van der Waals surface area contributed by atoms with Crippen molar-refractivity contribution in [2.45, 2.75) is 6.10 Å². The Morgan fingerprint density at radius 2 is 2.06 bits per heavy atom. The number of hydrogen-bond donors (Lipinski definition) is 3. The van der Waals surface area contributed by atoms with Crippen molar-refractivity contribution < 1.29 is 27.0 Å². The van der Waals surface area contributed by atoms with E-state index in [4.69, 9.17) is 9.29 Å². The highest BCUT2D eigenvalue weighted by molar-refractivity contribution is 7.81. The van der Waals surface area contributed by atoms with Gasteiger partial charge in [0.2, 0.25) is 0 Å². The van der Waals surface area contributed by atoms with Crippen LogP contribution in [0.3, 0.4) is 0 Å². The first-order chi connectivity index (χ1) is 8.37. The van der Waals surface area contributed by atoms with Gasteiger partial charge in [-0.2, -0.15) is 8.42 Å². The van der Waals surface area contributed by atoms with Gasteiger partial charge >= 0.3 is 10.4 Å². The first-order valence-electron chi connectivity index (χ1n) is 5.05. The zero-order valence-electron chi connectivity index (χ0n) is 9.95. The minimum atomic E-state index is -4.61. The first kappa shape index (κ1) is 14.7. The molecule has 0 aliphatic rings. The van der Waals surface area contributed by atoms with Crippen LogP contribution in [0.15, 0.2) is 18.2 Å². The minimum Gasteiger partial charge on any atom is -0.493 e. The van der Waals surface area contributed by atoms with Crippen LogP contribution in [-0.2, 0) is 10.4 Å². The topological polar surface area (TPSA) is 105 Å². The van der Waals surface area contributed by atoms with E-state index in [2.05, 4.69) is 9.50 Å². The Bertz CT molecular complexity index is 501. The Hall–Kier alpha value is -1.35. The number of likely N-dealkylation sites (N-methyl/N-ethyl adjacent to an activating group) is 1. The fourth-order valence-electron chi connectivity index (χ4n) is 1.38. The number of aliphatic hydroxyl groups is 1. The lowest BCUT2D eigenvalue weighted by molar-refractivity contribution is 0.177. The molecule has 1 aromatic rings. The molecule has 0 aromatic heterocycles. The molecule has 7 nitrogen and oxygen atoms in total. The second kappa shape index (κ2) is 6.01. The first-order valence-corrected chi connectivity index (χ1v) is 6.41. The molecule has 8 heteroatoms. The SMILES string of the molecule is CNC[C@H](O)c1ccc(OS(=O)(=O)O)c(OC)c1. The van der Waals surface area contributed by atoms with Crippen molar-refractivity contribution >= 4 is 10.4 Å². The molecule has 0 bridgehead atoms. The zero-order valence-corrected chi connectivity index (χ0v) is 10.8. The molecular formula is C10H15NO6S. The summed E-state index contributed by atoms with van der Waals surface area (Å²) >= 11 is 0. The zero-order chi connectivity index (χ0) is 13.8. The molecule has 0 fully saturated rings. The van der Waals surface area contributed by atoms with E-state index in [1.165, 1.54) is 25.3 Å². The van der Waals surface area contributed by atoms with Crippen LogP contribution in [0.1, 0.15) is 11.7 Å². The standard InChI is InChI=1S/C10H15NO6S/c1-11-6-8(12)7-3-4-9(10(5-7)16-2)17-18(13,14)15/h3-5,8,11-12H,6H2,1-2H3,(H,13,14,15)/t8-/m0/s1. The van der Waals surface area contributed by atoms with Crippen molar-refractivity contribution in [2.24, 2.45) is 0 Å². The molecule has 1 rings (SSSR count). The van der Waals surface area contributed by atoms with Gasteiger partial charge in [0, 0.05) is 6.54 Å². The van der Waals surface area contributed by atoms with E-state index in [-0.39, 0.29) is 11.5 Å². The fourth-order valence-corrected chi connectivity index (χ4v) is 1.75. The van der Waals surface area contributed by atoms with Crippen LogP contribution in [0, 0.1) is 0 Å². The average Bonchev–Trinajstić information content (AvgIpc) is 2.27. The van der Waals surface area contributed by atoms with E-state index in [1.807, 2.05) is 0 Å². The Morgan fingerprint density at radius 3 is 2.56 bits per heavy atom. The predicted octanol–water partition coefficient (Wildman–Crippen LogP) is 0.130. The van der Waals surface area contributed by atoms with Crippen molar-refractivity contribution in [2.75, 3.05) is 20.7 Å². The molecule has 0 heterocycles. The highest BCUT2D eigenvalue weighted by Gasteiger charge is 2.15. The Morgan fingerprint density at radius 1 is 1.39 bits per heavy atom. The maximum Gasteiger partial charge on any atom is 0.446 e. The quantitative estimate of drug-likeness (QED) is 0.635. The lowest BCUT2D eigenvalue weighted by Crippen LogP contribution is -2.16. The van der Waals surface area contributed by atoms with E-state index >= 15 is 0 Å². The molecular weight excluding hydrogens is 262 g/mol.